The van der Waals surface area contributed by atoms with Crippen LogP contribution in [0.25, 0.3) is 11.3 Å². The summed E-state index contributed by atoms with van der Waals surface area (Å²) in [5, 5.41) is 2.65. The van der Waals surface area contributed by atoms with Gasteiger partial charge in [0.2, 0.25) is 11.9 Å². The molecule has 7 heteroatoms. The lowest BCUT2D eigenvalue weighted by Gasteiger charge is -2.12. The maximum Gasteiger partial charge on any atom is 0.282 e. The fourth-order valence-corrected chi connectivity index (χ4v) is 3.19. The van der Waals surface area contributed by atoms with Gasteiger partial charge in [-0.15, -0.1) is 0 Å². The molecule has 2 amide bonds. The van der Waals surface area contributed by atoms with Crippen molar-refractivity contribution in [1.29, 1.82) is 0 Å². The van der Waals surface area contributed by atoms with Gasteiger partial charge in [-0.05, 0) is 17.5 Å². The molecule has 2 N–H and O–H groups in total. The van der Waals surface area contributed by atoms with Crippen molar-refractivity contribution in [2.24, 2.45) is 0 Å². The second-order valence-electron chi connectivity index (χ2n) is 5.28. The number of benzene rings is 1. The number of anilines is 1. The quantitative estimate of drug-likeness (QED) is 0.883. The number of aromatic amines is 1. The minimum Gasteiger partial charge on any atom is -0.324 e. The van der Waals surface area contributed by atoms with Crippen LogP contribution in [-0.2, 0) is 11.2 Å². The largest absolute Gasteiger partial charge is 0.324 e. The maximum absolute atomic E-state index is 12.0. The third kappa shape index (κ3) is 3.73. The molecule has 2 heterocycles. The molecule has 0 radical (unpaired) electrons. The Morgan fingerprint density at radius 1 is 1.39 bits per heavy atom. The van der Waals surface area contributed by atoms with E-state index in [4.69, 9.17) is 0 Å². The summed E-state index contributed by atoms with van der Waals surface area (Å²) in [6, 6.07) is 8.20. The van der Waals surface area contributed by atoms with Crippen LogP contribution in [0.2, 0.25) is 0 Å². The molecular formula is C16H18N4O2S. The van der Waals surface area contributed by atoms with Gasteiger partial charge in [0.15, 0.2) is 0 Å². The molecule has 1 fully saturated rings. The molecular weight excluding hydrogens is 312 g/mol. The van der Waals surface area contributed by atoms with Crippen LogP contribution in [0, 0.1) is 0 Å². The van der Waals surface area contributed by atoms with Crippen molar-refractivity contribution in [2.45, 2.75) is 13.3 Å². The Labute approximate surface area is 138 Å². The lowest BCUT2D eigenvalue weighted by Crippen LogP contribution is -2.33. The second-order valence-corrected chi connectivity index (χ2v) is 6.33. The number of rotatable bonds is 5. The van der Waals surface area contributed by atoms with Gasteiger partial charge in [0.1, 0.15) is 6.54 Å². The highest BCUT2D eigenvalue weighted by Gasteiger charge is 2.23. The van der Waals surface area contributed by atoms with Crippen molar-refractivity contribution in [1.82, 2.24) is 14.9 Å². The Morgan fingerprint density at radius 3 is 2.83 bits per heavy atom. The molecule has 1 aliphatic rings. The third-order valence-corrected chi connectivity index (χ3v) is 4.58. The smallest absolute Gasteiger partial charge is 0.282 e. The van der Waals surface area contributed by atoms with Crippen LogP contribution in [0.4, 0.5) is 10.7 Å². The van der Waals surface area contributed by atoms with Crippen LogP contribution in [0.5, 0.6) is 0 Å². The molecule has 0 spiro atoms. The predicted molar refractivity (Wildman–Crippen MR) is 91.5 cm³/mol. The number of nitrogens with zero attached hydrogens (tertiary/aromatic N) is 2. The molecule has 1 aromatic heterocycles. The van der Waals surface area contributed by atoms with Crippen LogP contribution in [-0.4, -0.2) is 44.9 Å². The van der Waals surface area contributed by atoms with E-state index in [0.717, 1.165) is 23.4 Å². The van der Waals surface area contributed by atoms with E-state index in [9.17, 15) is 9.59 Å². The Kier molecular flexibility index (Phi) is 4.66. The summed E-state index contributed by atoms with van der Waals surface area (Å²) in [6.45, 7) is 2.79. The number of aromatic nitrogens is 2. The monoisotopic (exact) mass is 330 g/mol. The minimum absolute atomic E-state index is 0.0451. The van der Waals surface area contributed by atoms with Crippen molar-refractivity contribution in [2.75, 3.05) is 24.2 Å². The first-order valence-corrected chi connectivity index (χ1v) is 8.50. The van der Waals surface area contributed by atoms with E-state index in [1.807, 2.05) is 12.1 Å². The van der Waals surface area contributed by atoms with E-state index in [2.05, 4.69) is 34.3 Å². The highest BCUT2D eigenvalue weighted by molar-refractivity contribution is 8.13. The van der Waals surface area contributed by atoms with Gasteiger partial charge >= 0.3 is 0 Å². The number of aryl methyl sites for hydroxylation is 1. The maximum atomic E-state index is 12.0. The van der Waals surface area contributed by atoms with E-state index in [0.29, 0.717) is 12.5 Å². The number of carbonyl (C=O) groups is 2. The molecule has 1 aromatic carbocycles. The fourth-order valence-electron chi connectivity index (χ4n) is 2.37. The molecule has 0 aliphatic carbocycles. The molecule has 120 valence electrons. The van der Waals surface area contributed by atoms with Gasteiger partial charge in [0.05, 0.1) is 11.9 Å². The van der Waals surface area contributed by atoms with Gasteiger partial charge < -0.3 is 9.88 Å². The Morgan fingerprint density at radius 2 is 2.17 bits per heavy atom. The summed E-state index contributed by atoms with van der Waals surface area (Å²) >= 11 is 1.24. The van der Waals surface area contributed by atoms with Gasteiger partial charge in [-0.1, -0.05) is 43.0 Å². The highest BCUT2D eigenvalue weighted by Crippen LogP contribution is 2.20. The van der Waals surface area contributed by atoms with Gasteiger partial charge in [0.25, 0.3) is 5.24 Å². The van der Waals surface area contributed by atoms with Crippen molar-refractivity contribution >= 4 is 28.9 Å². The highest BCUT2D eigenvalue weighted by atomic mass is 32.2. The topological polar surface area (TPSA) is 78.1 Å². The summed E-state index contributed by atoms with van der Waals surface area (Å²) in [5.74, 6) is 0.886. The standard InChI is InChI=1S/C16H18N4O2S/c1-2-11-3-5-12(6-4-11)13-9-17-15(18-13)19-14(21)10-20-7-8-23-16(20)22/h3-6,9H,2,7-8,10H2,1H3,(H2,17,18,19,21). The first kappa shape index (κ1) is 15.6. The zero-order valence-corrected chi connectivity index (χ0v) is 13.7. The second kappa shape index (κ2) is 6.87. The van der Waals surface area contributed by atoms with Crippen LogP contribution >= 0.6 is 11.8 Å². The van der Waals surface area contributed by atoms with E-state index in [1.54, 1.807) is 6.20 Å². The summed E-state index contributed by atoms with van der Waals surface area (Å²) in [4.78, 5) is 32.2. The number of hydrogen-bond donors (Lipinski definition) is 2. The molecule has 0 unspecified atom stereocenters. The fraction of sp³-hybridized carbons (Fsp3) is 0.312. The number of H-pyrrole nitrogens is 1. The zero-order valence-electron chi connectivity index (χ0n) is 12.8. The van der Waals surface area contributed by atoms with E-state index in [1.165, 1.54) is 22.2 Å². The van der Waals surface area contributed by atoms with Gasteiger partial charge in [-0.3, -0.25) is 14.9 Å². The van der Waals surface area contributed by atoms with Crippen LogP contribution in [0.15, 0.2) is 30.5 Å². The van der Waals surface area contributed by atoms with Crippen molar-refractivity contribution in [3.8, 4) is 11.3 Å². The van der Waals surface area contributed by atoms with Crippen LogP contribution in [0.1, 0.15) is 12.5 Å². The molecule has 0 bridgehead atoms. The first-order chi connectivity index (χ1) is 11.2. The molecule has 6 nitrogen and oxygen atoms in total. The number of thioether (sulfide) groups is 1. The number of nitrogens with one attached hydrogen (secondary N) is 2. The molecule has 23 heavy (non-hydrogen) atoms. The van der Waals surface area contributed by atoms with Gasteiger partial charge in [0, 0.05) is 12.3 Å². The van der Waals surface area contributed by atoms with Crippen LogP contribution < -0.4 is 5.32 Å². The number of imidazole rings is 1. The van der Waals surface area contributed by atoms with Crippen molar-refractivity contribution < 1.29 is 9.59 Å². The molecule has 2 aromatic rings. The molecule has 1 saturated heterocycles. The average Bonchev–Trinajstić information content (AvgIpc) is 3.17. The van der Waals surface area contributed by atoms with Crippen LogP contribution in [0.3, 0.4) is 0 Å². The normalized spacial score (nSPS) is 14.3. The average molecular weight is 330 g/mol. The summed E-state index contributed by atoms with van der Waals surface area (Å²) in [7, 11) is 0. The Balaban J connectivity index is 1.62. The Hall–Kier alpha value is -2.28. The van der Waals surface area contributed by atoms with Gasteiger partial charge in [-0.25, -0.2) is 4.98 Å². The summed E-state index contributed by atoms with van der Waals surface area (Å²) < 4.78 is 0. The molecule has 0 atom stereocenters. The summed E-state index contributed by atoms with van der Waals surface area (Å²) in [6.07, 6.45) is 2.69. The molecule has 0 saturated carbocycles. The number of hydrogen-bond acceptors (Lipinski definition) is 4. The van der Waals surface area contributed by atoms with E-state index < -0.39 is 0 Å². The van der Waals surface area contributed by atoms with Gasteiger partial charge in [-0.2, -0.15) is 0 Å². The van der Waals surface area contributed by atoms with Crippen molar-refractivity contribution in [3.05, 3.63) is 36.0 Å². The number of carbonyl (C=O) groups excluding carboxylic acids is 2. The summed E-state index contributed by atoms with van der Waals surface area (Å²) in [5.41, 5.74) is 3.13. The van der Waals surface area contributed by atoms with E-state index in [-0.39, 0.29) is 17.7 Å². The molecule has 1 aliphatic heterocycles. The lowest BCUT2D eigenvalue weighted by molar-refractivity contribution is -0.116. The number of amides is 2. The zero-order chi connectivity index (χ0) is 16.2. The van der Waals surface area contributed by atoms with Crippen molar-refractivity contribution in [3.63, 3.8) is 0 Å². The predicted octanol–water partition coefficient (Wildman–Crippen LogP) is 2.75. The third-order valence-electron chi connectivity index (χ3n) is 3.69. The SMILES string of the molecule is CCc1ccc(-c2cnc(NC(=O)CN3CCSC3=O)[nH]2)cc1. The minimum atomic E-state index is -0.247. The van der Waals surface area contributed by atoms with E-state index >= 15 is 0 Å². The lowest BCUT2D eigenvalue weighted by atomic mass is 10.1. The Bertz CT molecular complexity index is 711. The molecule has 3 rings (SSSR count). The first-order valence-electron chi connectivity index (χ1n) is 7.51.